The average Bonchev–Trinajstić information content (AvgIpc) is 2.93. The van der Waals surface area contributed by atoms with E-state index in [1.807, 2.05) is 24.6 Å². The van der Waals surface area contributed by atoms with Crippen molar-refractivity contribution in [3.05, 3.63) is 70.7 Å². The Hall–Kier alpha value is -2.48. The van der Waals surface area contributed by atoms with Crippen LogP contribution in [0, 0.1) is 20.7 Å². The van der Waals surface area contributed by atoms with Crippen LogP contribution in [0.4, 0.5) is 0 Å². The van der Waals surface area contributed by atoms with E-state index < -0.39 is 6.85 Å². The predicted octanol–water partition coefficient (Wildman–Crippen LogP) is 4.07. The fourth-order valence-corrected chi connectivity index (χ4v) is 3.56. The maximum Gasteiger partial charge on any atom is 0.212 e. The fourth-order valence-electron chi connectivity index (χ4n) is 3.56. The lowest BCUT2D eigenvalue weighted by atomic mass is 9.95. The number of fused-ring (bicyclic) bond motifs is 3. The van der Waals surface area contributed by atoms with Gasteiger partial charge in [0, 0.05) is 39.0 Å². The van der Waals surface area contributed by atoms with Gasteiger partial charge in [-0.15, -0.1) is 0 Å². The Balaban J connectivity index is 1.82. The minimum Gasteiger partial charge on any atom is -0.257 e. The molecule has 0 spiro atoms. The second kappa shape index (κ2) is 5.02. The predicted molar refractivity (Wildman–Crippen MR) is 93.3 cm³/mol. The molecule has 0 saturated carbocycles. The average molecular weight is 304 g/mol. The molecule has 0 atom stereocenters. The van der Waals surface area contributed by atoms with E-state index in [9.17, 15) is 0 Å². The second-order valence-corrected chi connectivity index (χ2v) is 6.30. The van der Waals surface area contributed by atoms with Crippen LogP contribution in [0.5, 0.6) is 0 Å². The van der Waals surface area contributed by atoms with Crippen LogP contribution in [-0.2, 0) is 13.5 Å². The highest BCUT2D eigenvalue weighted by Crippen LogP contribution is 2.40. The summed E-state index contributed by atoms with van der Waals surface area (Å²) in [7, 11) is 1.90. The molecule has 2 heteroatoms. The molecule has 2 heterocycles. The van der Waals surface area contributed by atoms with Gasteiger partial charge < -0.3 is 0 Å². The van der Waals surface area contributed by atoms with Gasteiger partial charge in [-0.3, -0.25) is 4.98 Å². The van der Waals surface area contributed by atoms with Gasteiger partial charge in [0.25, 0.3) is 0 Å². The molecule has 0 N–H and O–H groups in total. The fraction of sp³-hybridized carbons (Fsp3) is 0.238. The van der Waals surface area contributed by atoms with Crippen molar-refractivity contribution in [2.24, 2.45) is 7.05 Å². The number of nitrogens with zero attached hydrogens (tertiary/aromatic N) is 2. The summed E-state index contributed by atoms with van der Waals surface area (Å²) in [6.45, 7) is 2.08. The van der Waals surface area contributed by atoms with Gasteiger partial charge in [0.2, 0.25) is 5.69 Å². The first kappa shape index (κ1) is 11.1. The Labute approximate surface area is 141 Å². The monoisotopic (exact) mass is 304 g/mol. The van der Waals surface area contributed by atoms with E-state index in [1.54, 1.807) is 12.3 Å². The summed E-state index contributed by atoms with van der Waals surface area (Å²) < 4.78 is 24.7. The van der Waals surface area contributed by atoms with E-state index >= 15 is 0 Å². The number of hydrogen-bond donors (Lipinski definition) is 0. The van der Waals surface area contributed by atoms with Gasteiger partial charge in [0.15, 0.2) is 6.20 Å². The van der Waals surface area contributed by atoms with Gasteiger partial charge >= 0.3 is 0 Å². The lowest BCUT2D eigenvalue weighted by Gasteiger charge is -2.10. The van der Waals surface area contributed by atoms with Crippen molar-refractivity contribution >= 4 is 0 Å². The Morgan fingerprint density at radius 1 is 1.00 bits per heavy atom. The van der Waals surface area contributed by atoms with Crippen LogP contribution in [0.15, 0.2) is 42.6 Å². The van der Waals surface area contributed by atoms with Gasteiger partial charge in [-0.1, -0.05) is 12.1 Å². The van der Waals surface area contributed by atoms with Crippen molar-refractivity contribution in [2.75, 3.05) is 0 Å². The summed E-state index contributed by atoms with van der Waals surface area (Å²) >= 11 is 0. The summed E-state index contributed by atoms with van der Waals surface area (Å²) in [6.07, 6.45) is 2.55. The van der Waals surface area contributed by atoms with E-state index in [1.165, 1.54) is 22.3 Å². The van der Waals surface area contributed by atoms with Gasteiger partial charge in [0.05, 0.1) is 5.69 Å². The highest BCUT2D eigenvalue weighted by molar-refractivity contribution is 5.80. The molecule has 2 nitrogen and oxygen atoms in total. The molecule has 0 aliphatic heterocycles. The quantitative estimate of drug-likeness (QED) is 0.484. The third kappa shape index (κ3) is 2.17. The van der Waals surface area contributed by atoms with Gasteiger partial charge in [-0.25, -0.2) is 4.57 Å². The van der Waals surface area contributed by atoms with Crippen LogP contribution in [-0.4, -0.2) is 4.98 Å². The first-order valence-corrected chi connectivity index (χ1v) is 7.85. The molecule has 3 aromatic rings. The third-order valence-electron chi connectivity index (χ3n) is 4.76. The zero-order valence-corrected chi connectivity index (χ0v) is 13.6. The normalized spacial score (nSPS) is 14.7. The Kier molecular flexibility index (Phi) is 2.43. The third-order valence-corrected chi connectivity index (χ3v) is 4.76. The lowest BCUT2D eigenvalue weighted by Crippen LogP contribution is -2.31. The van der Waals surface area contributed by atoms with Crippen molar-refractivity contribution in [3.63, 3.8) is 0 Å². The highest BCUT2D eigenvalue weighted by atomic mass is 14.9. The Bertz CT molecular complexity index is 1040. The smallest absolute Gasteiger partial charge is 0.212 e. The molecule has 0 unspecified atom stereocenters. The van der Waals surface area contributed by atoms with Crippen molar-refractivity contribution < 1.29 is 8.68 Å². The molecule has 1 aromatic carbocycles. The Morgan fingerprint density at radius 3 is 2.57 bits per heavy atom. The van der Waals surface area contributed by atoms with Crippen LogP contribution in [0.25, 0.3) is 22.4 Å². The van der Waals surface area contributed by atoms with Crippen LogP contribution >= 0.6 is 0 Å². The molecule has 0 bridgehead atoms. The maximum atomic E-state index is 7.59. The number of hydrogen-bond acceptors (Lipinski definition) is 1. The van der Waals surface area contributed by atoms with Crippen LogP contribution in [0.1, 0.15) is 32.2 Å². The molecule has 1 aliphatic rings. The second-order valence-electron chi connectivity index (χ2n) is 6.30. The molecule has 0 fully saturated rings. The van der Waals surface area contributed by atoms with E-state index in [4.69, 9.17) is 9.10 Å². The molecular formula is C21H21N2+. The molecule has 114 valence electrons. The van der Waals surface area contributed by atoms with Crippen LogP contribution < -0.4 is 4.57 Å². The summed E-state index contributed by atoms with van der Waals surface area (Å²) in [5.74, 6) is 0. The number of benzene rings is 1. The first-order chi connectivity index (χ1) is 12.3. The molecule has 4 rings (SSSR count). The highest BCUT2D eigenvalue weighted by Gasteiger charge is 2.24. The van der Waals surface area contributed by atoms with E-state index in [2.05, 4.69) is 31.2 Å². The maximum absolute atomic E-state index is 7.59. The van der Waals surface area contributed by atoms with Gasteiger partial charge in [-0.05, 0) is 55.6 Å². The summed E-state index contributed by atoms with van der Waals surface area (Å²) in [4.78, 5) is 4.70. The molecule has 0 amide bonds. The lowest BCUT2D eigenvalue weighted by molar-refractivity contribution is -0.660. The molecule has 0 radical (unpaired) electrons. The first-order valence-electron chi connectivity index (χ1n) is 9.35. The number of rotatable bonds is 1. The molecule has 0 saturated heterocycles. The van der Waals surface area contributed by atoms with E-state index in [0.717, 1.165) is 29.1 Å². The van der Waals surface area contributed by atoms with E-state index in [0.29, 0.717) is 5.56 Å². The van der Waals surface area contributed by atoms with E-state index in [-0.39, 0.29) is 0 Å². The number of aromatic nitrogens is 2. The summed E-state index contributed by atoms with van der Waals surface area (Å²) in [5.41, 5.74) is 9.72. The number of aryl methyl sites for hydroxylation is 3. The van der Waals surface area contributed by atoms with Crippen molar-refractivity contribution in [1.29, 1.82) is 0 Å². The van der Waals surface area contributed by atoms with Crippen LogP contribution in [0.3, 0.4) is 0 Å². The zero-order valence-electron chi connectivity index (χ0n) is 16.6. The summed E-state index contributed by atoms with van der Waals surface area (Å²) in [5, 5.41) is 0. The Morgan fingerprint density at radius 2 is 1.78 bits per heavy atom. The molecule has 23 heavy (non-hydrogen) atoms. The molecular weight excluding hydrogens is 280 g/mol. The number of pyridine rings is 2. The van der Waals surface area contributed by atoms with Crippen molar-refractivity contribution in [3.8, 4) is 22.4 Å². The standard InChI is InChI=1S/C21H21N2/c1-13-5-10-21(23(4)12-13)16-8-9-17-18-7-6-14(2)22-20(18)11-19(17)15(16)3/h5-10,12H,11H2,1-4H3/q+1/i1D3. The minimum absolute atomic E-state index is 0.356. The minimum atomic E-state index is -2.09. The SMILES string of the molecule is [2H]C([2H])([2H])c1ccc(-c2ccc3c(c2C)Cc2nc(C)ccc2-3)[n+](C)c1. The largest absolute Gasteiger partial charge is 0.257 e. The van der Waals surface area contributed by atoms with Crippen molar-refractivity contribution in [1.82, 2.24) is 4.98 Å². The summed E-state index contributed by atoms with van der Waals surface area (Å²) in [6, 6.07) is 12.1. The van der Waals surface area contributed by atoms with Gasteiger partial charge in [0.1, 0.15) is 7.05 Å². The zero-order chi connectivity index (χ0) is 18.6. The van der Waals surface area contributed by atoms with Gasteiger partial charge in [-0.2, -0.15) is 0 Å². The van der Waals surface area contributed by atoms with Crippen molar-refractivity contribution in [2.45, 2.75) is 27.1 Å². The topological polar surface area (TPSA) is 16.8 Å². The van der Waals surface area contributed by atoms with Crippen LogP contribution in [0.2, 0.25) is 0 Å². The molecule has 1 aliphatic carbocycles. The molecule has 2 aromatic heterocycles.